The van der Waals surface area contributed by atoms with Gasteiger partial charge in [0.15, 0.2) is 0 Å². The van der Waals surface area contributed by atoms with E-state index in [1.54, 1.807) is 5.57 Å². The van der Waals surface area contributed by atoms with Crippen LogP contribution in [0.5, 0.6) is 0 Å². The predicted molar refractivity (Wildman–Crippen MR) is 69.9 cm³/mol. The van der Waals surface area contributed by atoms with Crippen molar-refractivity contribution in [2.45, 2.75) is 53.0 Å². The van der Waals surface area contributed by atoms with Crippen molar-refractivity contribution in [2.24, 2.45) is 5.92 Å². The van der Waals surface area contributed by atoms with Crippen LogP contribution in [0.15, 0.2) is 35.2 Å². The molecular weight excluding hydrogens is 194 g/mol. The van der Waals surface area contributed by atoms with Gasteiger partial charge in [-0.05, 0) is 38.8 Å². The van der Waals surface area contributed by atoms with E-state index in [0.29, 0.717) is 5.92 Å². The summed E-state index contributed by atoms with van der Waals surface area (Å²) in [7, 11) is 0. The summed E-state index contributed by atoms with van der Waals surface area (Å²) in [4.78, 5) is 2.58. The fourth-order valence-electron chi connectivity index (χ4n) is 3.14. The van der Waals surface area contributed by atoms with Crippen LogP contribution in [0.3, 0.4) is 0 Å². The van der Waals surface area contributed by atoms with Gasteiger partial charge in [-0.2, -0.15) is 0 Å². The molecule has 0 spiro atoms. The van der Waals surface area contributed by atoms with Gasteiger partial charge < -0.3 is 4.90 Å². The molecule has 2 unspecified atom stereocenters. The molecular formula is C15H23N. The molecule has 0 saturated heterocycles. The number of allylic oxidation sites excluding steroid dienone is 4. The molecule has 1 heterocycles. The zero-order chi connectivity index (χ0) is 11.9. The Morgan fingerprint density at radius 1 is 1.44 bits per heavy atom. The van der Waals surface area contributed by atoms with Crippen molar-refractivity contribution < 1.29 is 0 Å². The monoisotopic (exact) mass is 217 g/mol. The first-order chi connectivity index (χ1) is 7.52. The Morgan fingerprint density at radius 2 is 2.12 bits per heavy atom. The highest BCUT2D eigenvalue weighted by Crippen LogP contribution is 2.46. The van der Waals surface area contributed by atoms with E-state index in [1.807, 2.05) is 0 Å². The van der Waals surface area contributed by atoms with E-state index in [0.717, 1.165) is 6.42 Å². The molecule has 0 aromatic rings. The molecule has 0 radical (unpaired) electrons. The van der Waals surface area contributed by atoms with Gasteiger partial charge in [-0.3, -0.25) is 0 Å². The Kier molecular flexibility index (Phi) is 2.73. The Morgan fingerprint density at radius 3 is 2.62 bits per heavy atom. The summed E-state index contributed by atoms with van der Waals surface area (Å²) in [5, 5.41) is 0. The molecule has 0 saturated carbocycles. The normalized spacial score (nSPS) is 33.9. The molecule has 0 aromatic heterocycles. The van der Waals surface area contributed by atoms with Crippen LogP contribution in [0.25, 0.3) is 0 Å². The minimum absolute atomic E-state index is 0.270. The van der Waals surface area contributed by atoms with Crippen molar-refractivity contribution in [2.75, 3.05) is 0 Å². The fraction of sp³-hybridized carbons (Fsp3) is 0.600. The molecule has 2 aliphatic rings. The lowest BCUT2D eigenvalue weighted by molar-refractivity contribution is 0.164. The van der Waals surface area contributed by atoms with E-state index >= 15 is 0 Å². The minimum atomic E-state index is 0.270. The SMILES string of the molecule is CCC1(C)C(C)C(C)=C(C)N1C1=CC=CC1. The van der Waals surface area contributed by atoms with E-state index in [-0.39, 0.29) is 5.54 Å². The van der Waals surface area contributed by atoms with Crippen molar-refractivity contribution in [3.63, 3.8) is 0 Å². The molecule has 2 atom stereocenters. The zero-order valence-corrected chi connectivity index (χ0v) is 11.2. The van der Waals surface area contributed by atoms with Crippen LogP contribution in [-0.4, -0.2) is 10.4 Å². The zero-order valence-electron chi connectivity index (χ0n) is 11.2. The Labute approximate surface area is 99.5 Å². The number of rotatable bonds is 2. The summed E-state index contributed by atoms with van der Waals surface area (Å²) in [6.07, 6.45) is 8.98. The van der Waals surface area contributed by atoms with Crippen LogP contribution in [-0.2, 0) is 0 Å². The quantitative estimate of drug-likeness (QED) is 0.668. The lowest BCUT2D eigenvalue weighted by Crippen LogP contribution is -2.44. The lowest BCUT2D eigenvalue weighted by Gasteiger charge is -2.41. The third-order valence-electron chi connectivity index (χ3n) is 4.75. The van der Waals surface area contributed by atoms with Crippen molar-refractivity contribution in [1.82, 2.24) is 4.90 Å². The second-order valence-corrected chi connectivity index (χ2v) is 5.33. The maximum absolute atomic E-state index is 2.58. The van der Waals surface area contributed by atoms with E-state index in [2.05, 4.69) is 57.7 Å². The third kappa shape index (κ3) is 1.37. The average Bonchev–Trinajstić information content (AvgIpc) is 2.84. The van der Waals surface area contributed by atoms with Crippen LogP contribution >= 0.6 is 0 Å². The van der Waals surface area contributed by atoms with Gasteiger partial charge in [0, 0.05) is 29.3 Å². The summed E-state index contributed by atoms with van der Waals surface area (Å²) in [6.45, 7) is 11.6. The molecule has 1 nitrogen and oxygen atoms in total. The van der Waals surface area contributed by atoms with E-state index in [4.69, 9.17) is 0 Å². The second-order valence-electron chi connectivity index (χ2n) is 5.33. The molecule has 1 aliphatic heterocycles. The summed E-state index contributed by atoms with van der Waals surface area (Å²) in [5.74, 6) is 0.652. The van der Waals surface area contributed by atoms with Gasteiger partial charge in [-0.1, -0.05) is 26.0 Å². The summed E-state index contributed by atoms with van der Waals surface area (Å²) in [5.41, 5.74) is 4.75. The standard InChI is InChI=1S/C15H23N/c1-6-15(5)12(3)11(2)13(4)16(15)14-9-7-8-10-14/h7-9,12H,6,10H2,1-5H3. The van der Waals surface area contributed by atoms with Gasteiger partial charge in [0.1, 0.15) is 0 Å². The van der Waals surface area contributed by atoms with Gasteiger partial charge in [0.25, 0.3) is 0 Å². The van der Waals surface area contributed by atoms with Crippen LogP contribution in [0, 0.1) is 5.92 Å². The second kappa shape index (κ2) is 3.80. The maximum atomic E-state index is 2.58. The van der Waals surface area contributed by atoms with Crippen molar-refractivity contribution >= 4 is 0 Å². The minimum Gasteiger partial charge on any atom is -0.342 e. The smallest absolute Gasteiger partial charge is 0.0477 e. The Hall–Kier alpha value is -0.980. The first kappa shape index (κ1) is 11.5. The highest BCUT2D eigenvalue weighted by molar-refractivity contribution is 5.35. The van der Waals surface area contributed by atoms with E-state index in [1.165, 1.54) is 17.8 Å². The van der Waals surface area contributed by atoms with E-state index < -0.39 is 0 Å². The first-order valence-electron chi connectivity index (χ1n) is 6.35. The topological polar surface area (TPSA) is 3.24 Å². The molecule has 0 amide bonds. The van der Waals surface area contributed by atoms with Crippen LogP contribution in [0.4, 0.5) is 0 Å². The van der Waals surface area contributed by atoms with Crippen molar-refractivity contribution in [3.8, 4) is 0 Å². The number of hydrogen-bond acceptors (Lipinski definition) is 1. The summed E-state index contributed by atoms with van der Waals surface area (Å²) >= 11 is 0. The summed E-state index contributed by atoms with van der Waals surface area (Å²) in [6, 6.07) is 0. The van der Waals surface area contributed by atoms with Crippen LogP contribution < -0.4 is 0 Å². The van der Waals surface area contributed by atoms with Crippen LogP contribution in [0.1, 0.15) is 47.5 Å². The third-order valence-corrected chi connectivity index (χ3v) is 4.75. The highest BCUT2D eigenvalue weighted by atomic mass is 15.2. The van der Waals surface area contributed by atoms with E-state index in [9.17, 15) is 0 Å². The number of nitrogens with zero attached hydrogens (tertiary/aromatic N) is 1. The summed E-state index contributed by atoms with van der Waals surface area (Å²) < 4.78 is 0. The molecule has 1 aliphatic carbocycles. The Balaban J connectivity index is 2.41. The van der Waals surface area contributed by atoms with Gasteiger partial charge in [0.2, 0.25) is 0 Å². The Bertz CT molecular complexity index is 386. The van der Waals surface area contributed by atoms with Gasteiger partial charge in [0.05, 0.1) is 0 Å². The molecule has 0 N–H and O–H groups in total. The average molecular weight is 217 g/mol. The lowest BCUT2D eigenvalue weighted by atomic mass is 9.82. The molecule has 0 bridgehead atoms. The maximum Gasteiger partial charge on any atom is 0.0477 e. The number of hydrogen-bond donors (Lipinski definition) is 0. The largest absolute Gasteiger partial charge is 0.342 e. The van der Waals surface area contributed by atoms with Gasteiger partial charge in [-0.15, -0.1) is 0 Å². The first-order valence-corrected chi connectivity index (χ1v) is 6.35. The molecule has 0 fully saturated rings. The highest BCUT2D eigenvalue weighted by Gasteiger charge is 2.44. The van der Waals surface area contributed by atoms with Crippen molar-refractivity contribution in [3.05, 3.63) is 35.2 Å². The predicted octanol–water partition coefficient (Wildman–Crippen LogP) is 4.24. The fourth-order valence-corrected chi connectivity index (χ4v) is 3.14. The van der Waals surface area contributed by atoms with Gasteiger partial charge >= 0.3 is 0 Å². The molecule has 88 valence electrons. The molecule has 16 heavy (non-hydrogen) atoms. The van der Waals surface area contributed by atoms with Crippen LogP contribution in [0.2, 0.25) is 0 Å². The molecule has 1 heteroatoms. The van der Waals surface area contributed by atoms with Gasteiger partial charge in [-0.25, -0.2) is 0 Å². The van der Waals surface area contributed by atoms with Crippen molar-refractivity contribution in [1.29, 1.82) is 0 Å². The molecule has 2 rings (SSSR count). The molecule has 0 aromatic carbocycles.